The highest BCUT2D eigenvalue weighted by molar-refractivity contribution is 7.87. The van der Waals surface area contributed by atoms with Gasteiger partial charge < -0.3 is 19.4 Å². The Labute approximate surface area is 191 Å². The van der Waals surface area contributed by atoms with Gasteiger partial charge in [-0.15, -0.1) is 9.03 Å². The van der Waals surface area contributed by atoms with Crippen molar-refractivity contribution >= 4 is 34.9 Å². The van der Waals surface area contributed by atoms with Crippen LogP contribution in [-0.2, 0) is 11.5 Å². The molecule has 1 aromatic carbocycles. The summed E-state index contributed by atoms with van der Waals surface area (Å²) in [5.74, 6) is 0.814. The van der Waals surface area contributed by atoms with Crippen molar-refractivity contribution < 1.29 is 14.1 Å². The first kappa shape index (κ1) is 21.0. The lowest BCUT2D eigenvalue weighted by Crippen LogP contribution is -2.48. The Morgan fingerprint density at radius 2 is 2.22 bits per heavy atom. The number of oxazole rings is 1. The number of halogens is 1. The number of rotatable bonds is 6. The fraction of sp³-hybridized carbons (Fsp3) is 0.250. The average Bonchev–Trinajstić information content (AvgIpc) is 3.39. The van der Waals surface area contributed by atoms with Crippen LogP contribution >= 0.6 is 11.6 Å². The van der Waals surface area contributed by atoms with E-state index in [0.29, 0.717) is 47.5 Å². The lowest BCUT2D eigenvalue weighted by Gasteiger charge is -2.27. The number of fused-ring (bicyclic) bond motifs is 1. The summed E-state index contributed by atoms with van der Waals surface area (Å²) in [5, 5.41) is 13.5. The van der Waals surface area contributed by atoms with Crippen LogP contribution in [-0.4, -0.2) is 59.5 Å². The molecular formula is C20H20ClN7O3S. The third kappa shape index (κ3) is 4.12. The molecule has 3 aromatic heterocycles. The number of hydrogen-bond acceptors (Lipinski definition) is 9. The largest absolute Gasteiger partial charge is 0.579 e. The highest BCUT2D eigenvalue weighted by atomic mass is 35.5. The molecule has 0 saturated carbocycles. The summed E-state index contributed by atoms with van der Waals surface area (Å²) >= 11 is 4.81. The predicted molar refractivity (Wildman–Crippen MR) is 121 cm³/mol. The summed E-state index contributed by atoms with van der Waals surface area (Å²) in [6.07, 6.45) is 5.92. The molecule has 1 atom stereocenters. The van der Waals surface area contributed by atoms with E-state index >= 15 is 0 Å². The van der Waals surface area contributed by atoms with Gasteiger partial charge in [0, 0.05) is 37.6 Å². The second-order valence-electron chi connectivity index (χ2n) is 7.15. The van der Waals surface area contributed by atoms with Crippen LogP contribution in [0, 0.1) is 0 Å². The van der Waals surface area contributed by atoms with E-state index in [1.165, 1.54) is 0 Å². The molecule has 4 heterocycles. The van der Waals surface area contributed by atoms with E-state index in [1.54, 1.807) is 47.3 Å². The van der Waals surface area contributed by atoms with Crippen LogP contribution < -0.4 is 10.0 Å². The molecule has 166 valence electrons. The van der Waals surface area contributed by atoms with E-state index in [0.717, 1.165) is 19.5 Å². The molecular weight excluding hydrogens is 454 g/mol. The Hall–Kier alpha value is -2.83. The number of nitrogens with zero attached hydrogens (tertiary/aromatic N) is 5. The van der Waals surface area contributed by atoms with E-state index in [9.17, 15) is 9.66 Å². The number of aromatic nitrogens is 4. The molecule has 0 bridgehead atoms. The molecule has 0 spiro atoms. The molecule has 1 aliphatic heterocycles. The van der Waals surface area contributed by atoms with Crippen molar-refractivity contribution in [2.45, 2.75) is 6.42 Å². The third-order valence-electron chi connectivity index (χ3n) is 5.07. The van der Waals surface area contributed by atoms with Gasteiger partial charge in [-0.05, 0) is 24.6 Å². The molecule has 0 radical (unpaired) electrons. The summed E-state index contributed by atoms with van der Waals surface area (Å²) in [4.78, 5) is 13.5. The maximum Gasteiger partial charge on any atom is 0.306 e. The van der Waals surface area contributed by atoms with Gasteiger partial charge in [-0.1, -0.05) is 17.7 Å². The van der Waals surface area contributed by atoms with Gasteiger partial charge in [0.05, 0.1) is 17.3 Å². The van der Waals surface area contributed by atoms with Crippen LogP contribution in [0.25, 0.3) is 28.5 Å². The summed E-state index contributed by atoms with van der Waals surface area (Å²) in [6.45, 7) is 2.69. The minimum atomic E-state index is -1.15. The number of hydrogen-bond donors (Lipinski definition) is 3. The standard InChI is InChI=1S/C20H20ClN7O3S/c21-14-3-2-13(12-16(14)29)17-18(28-10-11-31-20(28)26-17)15-4-6-22-19(25-15)23-7-9-27-8-1-5-24-32(27)30/h2-4,6,10-12,24,29H,1,5,7-9H2,(H,22,23,25). The highest BCUT2D eigenvalue weighted by Gasteiger charge is 2.24. The second kappa shape index (κ2) is 8.96. The summed E-state index contributed by atoms with van der Waals surface area (Å²) in [6, 6.07) is 6.73. The monoisotopic (exact) mass is 473 g/mol. The van der Waals surface area contributed by atoms with Gasteiger partial charge in [0.15, 0.2) is 0 Å². The molecule has 0 amide bonds. The van der Waals surface area contributed by atoms with Crippen LogP contribution in [0.15, 0.2) is 47.3 Å². The SMILES string of the molecule is [O-][S+]1NCCCN1CCNc1nccc(-c2c(-c3ccc(Cl)c(O)c3)nc3occn23)n1. The van der Waals surface area contributed by atoms with Gasteiger partial charge in [0.25, 0.3) is 0 Å². The highest BCUT2D eigenvalue weighted by Crippen LogP contribution is 2.35. The fourth-order valence-electron chi connectivity index (χ4n) is 3.54. The summed E-state index contributed by atoms with van der Waals surface area (Å²) in [7, 11) is 0. The van der Waals surface area contributed by atoms with Crippen LogP contribution in [0.4, 0.5) is 5.95 Å². The molecule has 1 fully saturated rings. The van der Waals surface area contributed by atoms with Gasteiger partial charge in [0.2, 0.25) is 5.95 Å². The quantitative estimate of drug-likeness (QED) is 0.362. The molecule has 1 aliphatic rings. The number of phenolic OH excluding ortho intramolecular Hbond substituents is 1. The van der Waals surface area contributed by atoms with Crippen LogP contribution in [0.1, 0.15) is 6.42 Å². The van der Waals surface area contributed by atoms with E-state index in [2.05, 4.69) is 25.0 Å². The van der Waals surface area contributed by atoms with E-state index in [-0.39, 0.29) is 10.8 Å². The number of imidazole rings is 1. The van der Waals surface area contributed by atoms with Gasteiger partial charge in [0.1, 0.15) is 34.9 Å². The smallest absolute Gasteiger partial charge is 0.306 e. The zero-order valence-electron chi connectivity index (χ0n) is 16.9. The predicted octanol–water partition coefficient (Wildman–Crippen LogP) is 2.70. The van der Waals surface area contributed by atoms with Crippen LogP contribution in [0.2, 0.25) is 5.02 Å². The first-order valence-corrected chi connectivity index (χ1v) is 11.5. The van der Waals surface area contributed by atoms with Gasteiger partial charge >= 0.3 is 5.84 Å². The zero-order valence-corrected chi connectivity index (χ0v) is 18.4. The number of phenols is 1. The zero-order chi connectivity index (χ0) is 22.1. The number of anilines is 1. The van der Waals surface area contributed by atoms with Crippen LogP contribution in [0.3, 0.4) is 0 Å². The van der Waals surface area contributed by atoms with Crippen molar-refractivity contribution in [2.24, 2.45) is 0 Å². The van der Waals surface area contributed by atoms with Crippen molar-refractivity contribution in [1.82, 2.24) is 28.4 Å². The fourth-order valence-corrected chi connectivity index (χ4v) is 4.71. The van der Waals surface area contributed by atoms with Crippen LogP contribution in [0.5, 0.6) is 5.75 Å². The molecule has 1 unspecified atom stereocenters. The minimum Gasteiger partial charge on any atom is -0.579 e. The number of aromatic hydroxyl groups is 1. The molecule has 10 nitrogen and oxygen atoms in total. The van der Waals surface area contributed by atoms with Crippen molar-refractivity contribution in [2.75, 3.05) is 31.5 Å². The van der Waals surface area contributed by atoms with Crippen molar-refractivity contribution in [1.29, 1.82) is 0 Å². The Morgan fingerprint density at radius 1 is 1.31 bits per heavy atom. The maximum atomic E-state index is 12.0. The van der Waals surface area contributed by atoms with Gasteiger partial charge in [-0.25, -0.2) is 9.97 Å². The Bertz CT molecular complexity index is 1250. The molecule has 4 aromatic rings. The summed E-state index contributed by atoms with van der Waals surface area (Å²) < 4.78 is 24.1. The lowest BCUT2D eigenvalue weighted by molar-refractivity contribution is 0.383. The second-order valence-corrected chi connectivity index (χ2v) is 8.86. The topological polar surface area (TPSA) is 127 Å². The minimum absolute atomic E-state index is 0.0330. The number of benzene rings is 1. The molecule has 1 saturated heterocycles. The Kier molecular flexibility index (Phi) is 5.89. The molecule has 3 N–H and O–H groups in total. The third-order valence-corrected chi connectivity index (χ3v) is 6.67. The first-order chi connectivity index (χ1) is 15.6. The van der Waals surface area contributed by atoms with Crippen molar-refractivity contribution in [3.63, 3.8) is 0 Å². The molecule has 0 aliphatic carbocycles. The Balaban J connectivity index is 1.43. The van der Waals surface area contributed by atoms with Crippen molar-refractivity contribution in [3.8, 4) is 28.4 Å². The van der Waals surface area contributed by atoms with E-state index in [1.807, 2.05) is 4.31 Å². The average molecular weight is 474 g/mol. The normalized spacial score (nSPS) is 17.1. The molecule has 5 rings (SSSR count). The van der Waals surface area contributed by atoms with Gasteiger partial charge in [-0.2, -0.15) is 4.98 Å². The molecule has 12 heteroatoms. The van der Waals surface area contributed by atoms with Gasteiger partial charge in [-0.3, -0.25) is 4.40 Å². The maximum absolute atomic E-state index is 12.0. The number of nitrogens with one attached hydrogen (secondary N) is 2. The van der Waals surface area contributed by atoms with E-state index in [4.69, 9.17) is 16.0 Å². The van der Waals surface area contributed by atoms with Crippen molar-refractivity contribution in [3.05, 3.63) is 47.9 Å². The first-order valence-electron chi connectivity index (χ1n) is 10.0. The summed E-state index contributed by atoms with van der Waals surface area (Å²) in [5.41, 5.74) is 2.59. The lowest BCUT2D eigenvalue weighted by atomic mass is 10.1. The molecule has 32 heavy (non-hydrogen) atoms. The Morgan fingerprint density at radius 3 is 3.06 bits per heavy atom. The van der Waals surface area contributed by atoms with E-state index < -0.39 is 11.5 Å².